The van der Waals surface area contributed by atoms with E-state index in [2.05, 4.69) is 42.7 Å². The molecule has 0 unspecified atom stereocenters. The molecule has 8 heteroatoms. The van der Waals surface area contributed by atoms with Crippen LogP contribution in [0.5, 0.6) is 0 Å². The molecule has 1 aromatic heterocycles. The molecule has 0 bridgehead atoms. The van der Waals surface area contributed by atoms with Crippen molar-refractivity contribution in [1.82, 2.24) is 14.3 Å². The van der Waals surface area contributed by atoms with E-state index in [9.17, 15) is 0 Å². The third kappa shape index (κ3) is 4.83. The minimum atomic E-state index is 0.304. The molecule has 1 N–H and O–H groups in total. The smallest absolute Gasteiger partial charge is 0.228 e. The summed E-state index contributed by atoms with van der Waals surface area (Å²) >= 11 is 7.78. The Bertz CT molecular complexity index is 829. The van der Waals surface area contributed by atoms with Gasteiger partial charge in [0.25, 0.3) is 0 Å². The van der Waals surface area contributed by atoms with E-state index in [4.69, 9.17) is 16.9 Å². The maximum Gasteiger partial charge on any atom is 0.228 e. The molecule has 3 heterocycles. The molecule has 1 aromatic carbocycles. The van der Waals surface area contributed by atoms with Crippen LogP contribution in [0.25, 0.3) is 0 Å². The highest BCUT2D eigenvalue weighted by Crippen LogP contribution is 2.30. The van der Waals surface area contributed by atoms with Crippen LogP contribution in [0.15, 0.2) is 29.2 Å². The molecule has 142 valence electrons. The van der Waals surface area contributed by atoms with Crippen LogP contribution in [0.1, 0.15) is 25.1 Å². The first-order valence-corrected chi connectivity index (χ1v) is 10.4. The Morgan fingerprint density at radius 3 is 2.67 bits per heavy atom. The van der Waals surface area contributed by atoms with Crippen molar-refractivity contribution in [2.24, 2.45) is 0 Å². The first-order chi connectivity index (χ1) is 13.2. The molecule has 0 amide bonds. The number of nitriles is 1. The van der Waals surface area contributed by atoms with Gasteiger partial charge in [-0.15, -0.1) is 0 Å². The van der Waals surface area contributed by atoms with Crippen LogP contribution in [0, 0.1) is 11.3 Å². The Morgan fingerprint density at radius 2 is 1.93 bits per heavy atom. The third-order valence-corrected chi connectivity index (χ3v) is 5.62. The van der Waals surface area contributed by atoms with Crippen LogP contribution in [-0.2, 0) is 6.42 Å². The molecule has 6 nitrogen and oxygen atoms in total. The minimum Gasteiger partial charge on any atom is -0.384 e. The monoisotopic (exact) mass is 402 g/mol. The number of piperazine rings is 1. The standard InChI is InChI=1S/C17H17ClN6S.C2H6/c18-16-10-13(11-19)21-17(22-16)23-5-7-24(8-6-23)25-14-1-2-15-12(9-14)3-4-20-15;1-2/h1-2,9-10,20H,3-8H2;1-2H3. The summed E-state index contributed by atoms with van der Waals surface area (Å²) in [6.07, 6.45) is 1.10. The Hall–Kier alpha value is -2.01. The molecule has 2 aliphatic heterocycles. The number of halogens is 1. The van der Waals surface area contributed by atoms with Crippen LogP contribution >= 0.6 is 23.5 Å². The van der Waals surface area contributed by atoms with Crippen LogP contribution in [-0.4, -0.2) is 47.0 Å². The fourth-order valence-corrected chi connectivity index (χ4v) is 4.22. The number of fused-ring (bicyclic) bond motifs is 1. The van der Waals surface area contributed by atoms with Gasteiger partial charge in [0.15, 0.2) is 0 Å². The lowest BCUT2D eigenvalue weighted by Gasteiger charge is -2.33. The van der Waals surface area contributed by atoms with Crippen LogP contribution in [0.4, 0.5) is 11.6 Å². The highest BCUT2D eigenvalue weighted by molar-refractivity contribution is 7.97. The van der Waals surface area contributed by atoms with Crippen molar-refractivity contribution in [2.45, 2.75) is 25.2 Å². The summed E-state index contributed by atoms with van der Waals surface area (Å²) in [5.74, 6) is 0.539. The molecule has 2 aromatic rings. The number of nitrogens with one attached hydrogen (secondary N) is 1. The lowest BCUT2D eigenvalue weighted by Crippen LogP contribution is -2.44. The van der Waals surface area contributed by atoms with Crippen LogP contribution in [0.3, 0.4) is 0 Å². The lowest BCUT2D eigenvalue weighted by molar-refractivity contribution is 0.426. The van der Waals surface area contributed by atoms with Gasteiger partial charge in [-0.2, -0.15) is 5.26 Å². The summed E-state index contributed by atoms with van der Waals surface area (Å²) < 4.78 is 2.36. The molecular formula is C19H23ClN6S. The average Bonchev–Trinajstić information content (AvgIpc) is 3.17. The zero-order valence-electron chi connectivity index (χ0n) is 15.6. The number of anilines is 2. The maximum atomic E-state index is 9.02. The highest BCUT2D eigenvalue weighted by Gasteiger charge is 2.21. The molecule has 0 radical (unpaired) electrons. The average molecular weight is 403 g/mol. The van der Waals surface area contributed by atoms with Gasteiger partial charge < -0.3 is 10.2 Å². The van der Waals surface area contributed by atoms with E-state index >= 15 is 0 Å². The highest BCUT2D eigenvalue weighted by atomic mass is 35.5. The van der Waals surface area contributed by atoms with Gasteiger partial charge in [-0.25, -0.2) is 14.3 Å². The quantitative estimate of drug-likeness (QED) is 0.618. The third-order valence-electron chi connectivity index (χ3n) is 4.34. The van der Waals surface area contributed by atoms with E-state index in [-0.39, 0.29) is 0 Å². The second-order valence-corrected chi connectivity index (χ2v) is 7.55. The van der Waals surface area contributed by atoms with E-state index in [1.54, 1.807) is 11.9 Å². The van der Waals surface area contributed by atoms with E-state index in [0.717, 1.165) is 39.1 Å². The molecule has 27 heavy (non-hydrogen) atoms. The largest absolute Gasteiger partial charge is 0.384 e. The minimum absolute atomic E-state index is 0.304. The van der Waals surface area contributed by atoms with E-state index in [0.29, 0.717) is 16.8 Å². The first-order valence-electron chi connectivity index (χ1n) is 9.20. The van der Waals surface area contributed by atoms with Crippen LogP contribution in [0.2, 0.25) is 5.15 Å². The summed E-state index contributed by atoms with van der Waals surface area (Å²) in [6, 6.07) is 10.1. The summed E-state index contributed by atoms with van der Waals surface area (Å²) in [7, 11) is 0. The molecule has 2 aliphatic rings. The van der Waals surface area contributed by atoms with Gasteiger partial charge in [0.2, 0.25) is 5.95 Å². The predicted octanol–water partition coefficient (Wildman–Crippen LogP) is 3.83. The molecule has 4 rings (SSSR count). The van der Waals surface area contributed by atoms with Gasteiger partial charge >= 0.3 is 0 Å². The van der Waals surface area contributed by atoms with Crippen LogP contribution < -0.4 is 10.2 Å². The van der Waals surface area contributed by atoms with E-state index in [1.165, 1.54) is 22.2 Å². The molecule has 0 saturated carbocycles. The van der Waals surface area contributed by atoms with Crippen molar-refractivity contribution in [2.75, 3.05) is 42.9 Å². The lowest BCUT2D eigenvalue weighted by atomic mass is 10.2. The second-order valence-electron chi connectivity index (χ2n) is 5.99. The van der Waals surface area contributed by atoms with Gasteiger partial charge in [0.05, 0.1) is 0 Å². The SMILES string of the molecule is CC.N#Cc1cc(Cl)nc(N2CCN(Sc3ccc4c(c3)CCN4)CC2)n1. The van der Waals surface area contributed by atoms with Crippen molar-refractivity contribution in [3.8, 4) is 6.07 Å². The maximum absolute atomic E-state index is 9.02. The Labute approximate surface area is 169 Å². The van der Waals surface area contributed by atoms with Gasteiger partial charge in [0.1, 0.15) is 16.9 Å². The van der Waals surface area contributed by atoms with Crippen molar-refractivity contribution >= 4 is 35.2 Å². The number of aromatic nitrogens is 2. The summed E-state index contributed by atoms with van der Waals surface area (Å²) in [5, 5.41) is 12.7. The molecule has 0 spiro atoms. The van der Waals surface area contributed by atoms with E-state index < -0.39 is 0 Å². The molecular weight excluding hydrogens is 380 g/mol. The number of hydrogen-bond donors (Lipinski definition) is 1. The van der Waals surface area contributed by atoms with Crippen molar-refractivity contribution in [1.29, 1.82) is 5.26 Å². The molecule has 0 atom stereocenters. The van der Waals surface area contributed by atoms with Gasteiger partial charge in [-0.3, -0.25) is 0 Å². The second kappa shape index (κ2) is 9.27. The van der Waals surface area contributed by atoms with Gasteiger partial charge in [-0.05, 0) is 42.1 Å². The number of rotatable bonds is 3. The van der Waals surface area contributed by atoms with Gasteiger partial charge in [-0.1, -0.05) is 25.4 Å². The number of benzene rings is 1. The number of nitrogens with zero attached hydrogens (tertiary/aromatic N) is 5. The van der Waals surface area contributed by atoms with Crippen molar-refractivity contribution in [3.05, 3.63) is 40.7 Å². The molecule has 0 aliphatic carbocycles. The Morgan fingerprint density at radius 1 is 1.15 bits per heavy atom. The van der Waals surface area contributed by atoms with Crippen molar-refractivity contribution < 1.29 is 0 Å². The predicted molar refractivity (Wildman–Crippen MR) is 111 cm³/mol. The van der Waals surface area contributed by atoms with Crippen molar-refractivity contribution in [3.63, 3.8) is 0 Å². The molecule has 1 fully saturated rings. The molecule has 1 saturated heterocycles. The zero-order chi connectivity index (χ0) is 19.2. The number of hydrogen-bond acceptors (Lipinski definition) is 7. The zero-order valence-corrected chi connectivity index (χ0v) is 17.1. The summed E-state index contributed by atoms with van der Waals surface area (Å²) in [4.78, 5) is 11.9. The topological polar surface area (TPSA) is 68.1 Å². The van der Waals surface area contributed by atoms with Gasteiger partial charge in [0, 0.05) is 49.4 Å². The van der Waals surface area contributed by atoms with E-state index in [1.807, 2.05) is 19.9 Å². The summed E-state index contributed by atoms with van der Waals surface area (Å²) in [6.45, 7) is 8.46. The fourth-order valence-electron chi connectivity index (χ4n) is 3.07. The Kier molecular flexibility index (Phi) is 6.78. The summed E-state index contributed by atoms with van der Waals surface area (Å²) in [5.41, 5.74) is 2.97. The normalized spacial score (nSPS) is 16.0. The Balaban J connectivity index is 0.00000102. The first kappa shape index (κ1) is 19.7. The fraction of sp³-hybridized carbons (Fsp3) is 0.421.